The Morgan fingerprint density at radius 3 is 2.88 bits per heavy atom. The summed E-state index contributed by atoms with van der Waals surface area (Å²) >= 11 is 5.76. The van der Waals surface area contributed by atoms with Gasteiger partial charge in [-0.25, -0.2) is 0 Å². The van der Waals surface area contributed by atoms with Crippen molar-refractivity contribution in [2.75, 3.05) is 6.61 Å². The van der Waals surface area contributed by atoms with Crippen LogP contribution < -0.4 is 10.5 Å². The van der Waals surface area contributed by atoms with Gasteiger partial charge in [-0.1, -0.05) is 29.6 Å². The Morgan fingerprint density at radius 1 is 1.42 bits per heavy atom. The molecule has 1 aromatic heterocycles. The molecule has 24 heavy (non-hydrogen) atoms. The van der Waals surface area contributed by atoms with Crippen LogP contribution in [-0.4, -0.2) is 21.7 Å². The van der Waals surface area contributed by atoms with Gasteiger partial charge in [-0.15, -0.1) is 0 Å². The number of nitro benzene ring substituents is 1. The maximum Gasteiger partial charge on any atom is 0.312 e. The zero-order valence-corrected chi connectivity index (χ0v) is 13.7. The lowest BCUT2D eigenvalue weighted by Gasteiger charge is -2.17. The van der Waals surface area contributed by atoms with E-state index in [-0.39, 0.29) is 23.1 Å². The molecule has 0 unspecified atom stereocenters. The number of nitrogens with two attached hydrogens (primary N) is 1. The van der Waals surface area contributed by atoms with Gasteiger partial charge < -0.3 is 15.0 Å². The molecule has 0 spiro atoms. The van der Waals surface area contributed by atoms with Crippen molar-refractivity contribution >= 4 is 17.3 Å². The molecule has 2 aromatic rings. The van der Waals surface area contributed by atoms with E-state index in [0.717, 1.165) is 25.7 Å². The van der Waals surface area contributed by atoms with Crippen molar-refractivity contribution in [1.82, 2.24) is 10.1 Å². The number of ether oxygens (including phenoxy) is 1. The Bertz CT molecular complexity index is 743. The Morgan fingerprint density at radius 2 is 2.17 bits per heavy atom. The zero-order chi connectivity index (χ0) is 17.2. The maximum absolute atomic E-state index is 11.0. The predicted molar refractivity (Wildman–Crippen MR) is 85.9 cm³/mol. The lowest BCUT2D eigenvalue weighted by atomic mass is 9.99. The lowest BCUT2D eigenvalue weighted by molar-refractivity contribution is -0.385. The van der Waals surface area contributed by atoms with Gasteiger partial charge in [-0.05, 0) is 25.0 Å². The average molecular weight is 353 g/mol. The largest absolute Gasteiger partial charge is 0.486 e. The van der Waals surface area contributed by atoms with Gasteiger partial charge in [0, 0.05) is 11.1 Å². The smallest absolute Gasteiger partial charge is 0.312 e. The van der Waals surface area contributed by atoms with E-state index in [2.05, 4.69) is 10.1 Å². The van der Waals surface area contributed by atoms with Gasteiger partial charge >= 0.3 is 5.69 Å². The number of benzene rings is 1. The minimum atomic E-state index is -0.537. The fourth-order valence-corrected chi connectivity index (χ4v) is 2.96. The lowest BCUT2D eigenvalue weighted by Crippen LogP contribution is -2.34. The quantitative estimate of drug-likeness (QED) is 0.627. The van der Waals surface area contributed by atoms with Crippen molar-refractivity contribution in [2.45, 2.75) is 37.6 Å². The number of nitrogens with zero attached hydrogens (tertiary/aromatic N) is 3. The average Bonchev–Trinajstić information content (AvgIpc) is 3.18. The first-order chi connectivity index (χ1) is 11.5. The van der Waals surface area contributed by atoms with Gasteiger partial charge in [0.05, 0.1) is 23.5 Å². The third-order valence-electron chi connectivity index (χ3n) is 4.10. The van der Waals surface area contributed by atoms with E-state index < -0.39 is 10.5 Å². The van der Waals surface area contributed by atoms with Crippen molar-refractivity contribution in [3.05, 3.63) is 45.1 Å². The van der Waals surface area contributed by atoms with Crippen LogP contribution in [0.5, 0.6) is 5.75 Å². The van der Waals surface area contributed by atoms with E-state index in [1.807, 2.05) is 0 Å². The molecule has 0 radical (unpaired) electrons. The molecule has 1 saturated carbocycles. The Labute approximate surface area is 143 Å². The van der Waals surface area contributed by atoms with E-state index in [4.69, 9.17) is 26.6 Å². The second-order valence-electron chi connectivity index (χ2n) is 5.84. The summed E-state index contributed by atoms with van der Waals surface area (Å²) in [5.41, 5.74) is 5.59. The fourth-order valence-electron chi connectivity index (χ4n) is 2.79. The van der Waals surface area contributed by atoms with Crippen molar-refractivity contribution in [2.24, 2.45) is 5.73 Å². The topological polar surface area (TPSA) is 117 Å². The summed E-state index contributed by atoms with van der Waals surface area (Å²) in [6.45, 7) is 0.168. The SMILES string of the molecule is NC1(c2noc(CCOc3ccc(Cl)cc3[N+](=O)[O-])n2)CCCC1. The summed E-state index contributed by atoms with van der Waals surface area (Å²) in [6.07, 6.45) is 4.15. The molecule has 1 heterocycles. The molecule has 8 nitrogen and oxygen atoms in total. The molecule has 0 bridgehead atoms. The second kappa shape index (κ2) is 6.74. The monoisotopic (exact) mass is 352 g/mol. The zero-order valence-electron chi connectivity index (χ0n) is 12.9. The molecule has 0 saturated heterocycles. The van der Waals surface area contributed by atoms with E-state index in [1.165, 1.54) is 18.2 Å². The van der Waals surface area contributed by atoms with Crippen LogP contribution in [0.2, 0.25) is 5.02 Å². The minimum Gasteiger partial charge on any atom is -0.486 e. The number of hydrogen-bond donors (Lipinski definition) is 1. The van der Waals surface area contributed by atoms with Crippen LogP contribution in [0, 0.1) is 10.1 Å². The van der Waals surface area contributed by atoms with Gasteiger partial charge in [0.15, 0.2) is 11.6 Å². The van der Waals surface area contributed by atoms with Crippen LogP contribution in [-0.2, 0) is 12.0 Å². The van der Waals surface area contributed by atoms with Crippen LogP contribution >= 0.6 is 11.6 Å². The van der Waals surface area contributed by atoms with Crippen molar-refractivity contribution in [1.29, 1.82) is 0 Å². The Kier molecular flexibility index (Phi) is 4.68. The van der Waals surface area contributed by atoms with Gasteiger partial charge in [0.25, 0.3) is 0 Å². The normalized spacial score (nSPS) is 16.2. The van der Waals surface area contributed by atoms with Crippen LogP contribution in [0.15, 0.2) is 22.7 Å². The Hall–Kier alpha value is -2.19. The number of aromatic nitrogens is 2. The van der Waals surface area contributed by atoms with E-state index >= 15 is 0 Å². The molecular weight excluding hydrogens is 336 g/mol. The van der Waals surface area contributed by atoms with Gasteiger partial charge in [-0.2, -0.15) is 4.98 Å². The molecule has 0 aliphatic heterocycles. The van der Waals surface area contributed by atoms with Gasteiger partial charge in [-0.3, -0.25) is 10.1 Å². The predicted octanol–water partition coefficient (Wildman–Crippen LogP) is 2.98. The molecule has 9 heteroatoms. The van der Waals surface area contributed by atoms with Crippen LogP contribution in [0.4, 0.5) is 5.69 Å². The van der Waals surface area contributed by atoms with Crippen molar-refractivity contribution < 1.29 is 14.2 Å². The van der Waals surface area contributed by atoms with E-state index in [1.54, 1.807) is 0 Å². The molecule has 3 rings (SSSR count). The summed E-state index contributed by atoms with van der Waals surface area (Å²) in [4.78, 5) is 14.8. The first kappa shape index (κ1) is 16.7. The number of rotatable bonds is 6. The molecular formula is C15H17ClN4O4. The number of nitro groups is 1. The van der Waals surface area contributed by atoms with E-state index in [9.17, 15) is 10.1 Å². The molecule has 1 aromatic carbocycles. The highest BCUT2D eigenvalue weighted by atomic mass is 35.5. The van der Waals surface area contributed by atoms with Gasteiger partial charge in [0.2, 0.25) is 5.89 Å². The third-order valence-corrected chi connectivity index (χ3v) is 4.34. The first-order valence-corrected chi connectivity index (χ1v) is 8.04. The molecule has 1 fully saturated rings. The molecule has 128 valence electrons. The second-order valence-corrected chi connectivity index (χ2v) is 6.28. The maximum atomic E-state index is 11.0. The Balaban J connectivity index is 1.61. The molecule has 1 aliphatic carbocycles. The van der Waals surface area contributed by atoms with Crippen molar-refractivity contribution in [3.63, 3.8) is 0 Å². The molecule has 0 amide bonds. The molecule has 2 N–H and O–H groups in total. The van der Waals surface area contributed by atoms with Crippen LogP contribution in [0.25, 0.3) is 0 Å². The summed E-state index contributed by atoms with van der Waals surface area (Å²) in [5.74, 6) is 1.07. The summed E-state index contributed by atoms with van der Waals surface area (Å²) in [6, 6.07) is 4.25. The molecule has 1 aliphatic rings. The highest BCUT2D eigenvalue weighted by Crippen LogP contribution is 2.34. The summed E-state index contributed by atoms with van der Waals surface area (Å²) in [5, 5.41) is 15.2. The van der Waals surface area contributed by atoms with Crippen molar-refractivity contribution in [3.8, 4) is 5.75 Å². The first-order valence-electron chi connectivity index (χ1n) is 7.67. The molecule has 0 atom stereocenters. The third kappa shape index (κ3) is 3.49. The number of halogens is 1. The summed E-state index contributed by atoms with van der Waals surface area (Å²) in [7, 11) is 0. The summed E-state index contributed by atoms with van der Waals surface area (Å²) < 4.78 is 10.7. The number of hydrogen-bond acceptors (Lipinski definition) is 7. The standard InChI is InChI=1S/C15H17ClN4O4/c16-10-3-4-12(11(9-10)20(21)22)23-8-5-13-18-14(19-24-13)15(17)6-1-2-7-15/h3-4,9H,1-2,5-8,17H2. The van der Waals surface area contributed by atoms with Gasteiger partial charge in [0.1, 0.15) is 0 Å². The van der Waals surface area contributed by atoms with Crippen LogP contribution in [0.3, 0.4) is 0 Å². The minimum absolute atomic E-state index is 0.148. The fraction of sp³-hybridized carbons (Fsp3) is 0.467. The highest BCUT2D eigenvalue weighted by Gasteiger charge is 2.35. The van der Waals surface area contributed by atoms with Crippen LogP contribution in [0.1, 0.15) is 37.4 Å². The van der Waals surface area contributed by atoms with E-state index in [0.29, 0.717) is 18.1 Å². The highest BCUT2D eigenvalue weighted by molar-refractivity contribution is 6.30.